The Morgan fingerprint density at radius 2 is 1.73 bits per heavy atom. The Morgan fingerprint density at radius 3 is 2.33 bits per heavy atom. The highest BCUT2D eigenvalue weighted by molar-refractivity contribution is 5.83. The zero-order valence-corrected chi connectivity index (χ0v) is 17.6. The van der Waals surface area contributed by atoms with E-state index in [1.807, 2.05) is 24.3 Å². The van der Waals surface area contributed by atoms with Crippen LogP contribution in [0.3, 0.4) is 0 Å². The summed E-state index contributed by atoms with van der Waals surface area (Å²) < 4.78 is 15.9. The molecular weight excluding hydrogens is 386 g/mol. The van der Waals surface area contributed by atoms with Gasteiger partial charge in [0.05, 0.1) is 13.3 Å². The summed E-state index contributed by atoms with van der Waals surface area (Å²) in [6.45, 7) is 5.98. The summed E-state index contributed by atoms with van der Waals surface area (Å²) in [5.74, 6) is 0.424. The highest BCUT2D eigenvalue weighted by Gasteiger charge is 2.13. The van der Waals surface area contributed by atoms with Crippen LogP contribution in [0.15, 0.2) is 47.6 Å². The van der Waals surface area contributed by atoms with Crippen LogP contribution >= 0.6 is 0 Å². The zero-order chi connectivity index (χ0) is 22.1. The monoisotopic (exact) mass is 413 g/mol. The first-order chi connectivity index (χ1) is 14.2. The first kappa shape index (κ1) is 22.7. The van der Waals surface area contributed by atoms with Crippen molar-refractivity contribution in [1.82, 2.24) is 5.43 Å². The van der Waals surface area contributed by atoms with Gasteiger partial charge in [-0.1, -0.05) is 32.9 Å². The van der Waals surface area contributed by atoms with E-state index < -0.39 is 5.91 Å². The van der Waals surface area contributed by atoms with Crippen LogP contribution < -0.4 is 25.4 Å². The maximum atomic E-state index is 11.9. The Balaban J connectivity index is 1.86. The molecule has 0 aliphatic heterocycles. The van der Waals surface area contributed by atoms with Gasteiger partial charge in [-0.3, -0.25) is 9.59 Å². The molecule has 30 heavy (non-hydrogen) atoms. The molecule has 8 nitrogen and oxygen atoms in total. The smallest absolute Gasteiger partial charge is 0.277 e. The fourth-order valence-electron chi connectivity index (χ4n) is 2.44. The lowest BCUT2D eigenvalue weighted by Gasteiger charge is -2.19. The van der Waals surface area contributed by atoms with E-state index in [-0.39, 0.29) is 24.5 Å². The van der Waals surface area contributed by atoms with E-state index in [4.69, 9.17) is 19.9 Å². The van der Waals surface area contributed by atoms with Crippen molar-refractivity contribution in [2.24, 2.45) is 10.8 Å². The number of rotatable bonds is 9. The van der Waals surface area contributed by atoms with Crippen molar-refractivity contribution < 1.29 is 23.8 Å². The van der Waals surface area contributed by atoms with Gasteiger partial charge in [0.1, 0.15) is 5.75 Å². The van der Waals surface area contributed by atoms with Gasteiger partial charge in [0.2, 0.25) is 0 Å². The Bertz CT molecular complexity index is 902. The molecule has 160 valence electrons. The second-order valence-corrected chi connectivity index (χ2v) is 7.52. The van der Waals surface area contributed by atoms with Crippen LogP contribution in [0.25, 0.3) is 0 Å². The average Bonchev–Trinajstić information content (AvgIpc) is 2.70. The van der Waals surface area contributed by atoms with Crippen molar-refractivity contribution >= 4 is 18.0 Å². The number of amides is 2. The van der Waals surface area contributed by atoms with Gasteiger partial charge in [0.15, 0.2) is 24.7 Å². The molecule has 0 aliphatic carbocycles. The SMILES string of the molecule is COc1cc(/C=N/NC(=O)COc2ccc(C(C)(C)C)cc2)ccc1OCC(N)=O. The number of methoxy groups -OCH3 is 1. The standard InChI is InChI=1S/C22H27N3O5/c1-22(2,3)16-6-8-17(9-7-16)29-14-21(27)25-24-12-15-5-10-18(19(11-15)28-4)30-13-20(23)26/h5-12H,13-14H2,1-4H3,(H2,23,26)(H,25,27)/b24-12+. The number of carbonyl (C=O) groups is 2. The fourth-order valence-corrected chi connectivity index (χ4v) is 2.44. The molecule has 2 amide bonds. The Morgan fingerprint density at radius 1 is 1.03 bits per heavy atom. The van der Waals surface area contributed by atoms with E-state index in [2.05, 4.69) is 31.3 Å². The predicted molar refractivity (Wildman–Crippen MR) is 114 cm³/mol. The van der Waals surface area contributed by atoms with Gasteiger partial charge < -0.3 is 19.9 Å². The lowest BCUT2D eigenvalue weighted by molar-refractivity contribution is -0.123. The summed E-state index contributed by atoms with van der Waals surface area (Å²) >= 11 is 0. The molecule has 8 heteroatoms. The van der Waals surface area contributed by atoms with E-state index in [0.29, 0.717) is 22.8 Å². The first-order valence-corrected chi connectivity index (χ1v) is 9.33. The lowest BCUT2D eigenvalue weighted by Crippen LogP contribution is -2.24. The molecule has 0 aliphatic rings. The molecule has 2 aromatic rings. The summed E-state index contributed by atoms with van der Waals surface area (Å²) in [5.41, 5.74) is 9.37. The van der Waals surface area contributed by atoms with Gasteiger partial charge in [-0.2, -0.15) is 5.10 Å². The van der Waals surface area contributed by atoms with Gasteiger partial charge in [-0.15, -0.1) is 0 Å². The topological polar surface area (TPSA) is 112 Å². The number of carbonyl (C=O) groups excluding carboxylic acids is 2. The molecule has 0 fully saturated rings. The Labute approximate surface area is 176 Å². The third kappa shape index (κ3) is 7.12. The van der Waals surface area contributed by atoms with Crippen LogP contribution in [-0.2, 0) is 15.0 Å². The van der Waals surface area contributed by atoms with Crippen LogP contribution in [0.2, 0.25) is 0 Å². The van der Waals surface area contributed by atoms with E-state index in [9.17, 15) is 9.59 Å². The minimum atomic E-state index is -0.585. The molecular formula is C22H27N3O5. The molecule has 0 saturated heterocycles. The summed E-state index contributed by atoms with van der Waals surface area (Å²) in [5, 5.41) is 3.90. The number of hydrazone groups is 1. The van der Waals surface area contributed by atoms with E-state index in [0.717, 1.165) is 0 Å². The summed E-state index contributed by atoms with van der Waals surface area (Å²) in [6, 6.07) is 12.6. The van der Waals surface area contributed by atoms with Crippen LogP contribution in [0.4, 0.5) is 0 Å². The third-order valence-corrected chi connectivity index (χ3v) is 4.05. The highest BCUT2D eigenvalue weighted by Crippen LogP contribution is 2.27. The van der Waals surface area contributed by atoms with Gasteiger partial charge in [0.25, 0.3) is 11.8 Å². The molecule has 0 unspecified atom stereocenters. The molecule has 0 atom stereocenters. The minimum Gasteiger partial charge on any atom is -0.493 e. The lowest BCUT2D eigenvalue weighted by atomic mass is 9.87. The summed E-state index contributed by atoms with van der Waals surface area (Å²) in [6.07, 6.45) is 1.45. The van der Waals surface area contributed by atoms with Crippen molar-refractivity contribution in [3.8, 4) is 17.2 Å². The Kier molecular flexibility index (Phi) is 7.80. The summed E-state index contributed by atoms with van der Waals surface area (Å²) in [4.78, 5) is 22.7. The number of nitrogens with zero attached hydrogens (tertiary/aromatic N) is 1. The normalized spacial score (nSPS) is 11.2. The Hall–Kier alpha value is -3.55. The largest absolute Gasteiger partial charge is 0.493 e. The molecule has 0 aromatic heterocycles. The van der Waals surface area contributed by atoms with Gasteiger partial charge in [0, 0.05) is 0 Å². The third-order valence-electron chi connectivity index (χ3n) is 4.05. The van der Waals surface area contributed by atoms with Gasteiger partial charge >= 0.3 is 0 Å². The van der Waals surface area contributed by atoms with Crippen molar-refractivity contribution in [3.05, 3.63) is 53.6 Å². The fraction of sp³-hybridized carbons (Fsp3) is 0.318. The second-order valence-electron chi connectivity index (χ2n) is 7.52. The molecule has 2 aromatic carbocycles. The highest BCUT2D eigenvalue weighted by atomic mass is 16.5. The zero-order valence-electron chi connectivity index (χ0n) is 17.6. The number of nitrogens with one attached hydrogen (secondary N) is 1. The van der Waals surface area contributed by atoms with E-state index >= 15 is 0 Å². The maximum absolute atomic E-state index is 11.9. The molecule has 0 spiro atoms. The molecule has 3 N–H and O–H groups in total. The van der Waals surface area contributed by atoms with Gasteiger partial charge in [-0.05, 0) is 46.9 Å². The van der Waals surface area contributed by atoms with Crippen LogP contribution in [-0.4, -0.2) is 38.4 Å². The van der Waals surface area contributed by atoms with Crippen molar-refractivity contribution in [2.45, 2.75) is 26.2 Å². The van der Waals surface area contributed by atoms with Crippen LogP contribution in [0.5, 0.6) is 17.2 Å². The molecule has 2 rings (SSSR count). The molecule has 0 heterocycles. The number of benzene rings is 2. The maximum Gasteiger partial charge on any atom is 0.277 e. The van der Waals surface area contributed by atoms with Gasteiger partial charge in [-0.25, -0.2) is 5.43 Å². The van der Waals surface area contributed by atoms with Crippen LogP contribution in [0.1, 0.15) is 31.9 Å². The van der Waals surface area contributed by atoms with Crippen LogP contribution in [0, 0.1) is 0 Å². The molecule has 0 radical (unpaired) electrons. The predicted octanol–water partition coefficient (Wildman–Crippen LogP) is 2.39. The summed E-state index contributed by atoms with van der Waals surface area (Å²) in [7, 11) is 1.47. The number of ether oxygens (including phenoxy) is 3. The van der Waals surface area contributed by atoms with E-state index in [1.165, 1.54) is 18.9 Å². The number of hydrogen-bond acceptors (Lipinski definition) is 6. The second kappa shape index (κ2) is 10.3. The average molecular weight is 413 g/mol. The van der Waals surface area contributed by atoms with Crippen molar-refractivity contribution in [3.63, 3.8) is 0 Å². The quantitative estimate of drug-likeness (QED) is 0.484. The number of hydrogen-bond donors (Lipinski definition) is 2. The first-order valence-electron chi connectivity index (χ1n) is 9.33. The van der Waals surface area contributed by atoms with E-state index in [1.54, 1.807) is 18.2 Å². The minimum absolute atomic E-state index is 0.0550. The number of nitrogens with two attached hydrogens (primary N) is 1. The van der Waals surface area contributed by atoms with Crippen molar-refractivity contribution in [1.29, 1.82) is 0 Å². The van der Waals surface area contributed by atoms with Crippen molar-refractivity contribution in [2.75, 3.05) is 20.3 Å². The molecule has 0 saturated carbocycles. The number of primary amides is 1. The molecule has 0 bridgehead atoms.